The summed E-state index contributed by atoms with van der Waals surface area (Å²) in [6, 6.07) is 6.84. The van der Waals surface area contributed by atoms with Crippen molar-refractivity contribution < 1.29 is 24.5 Å². The fraction of sp³-hybridized carbons (Fsp3) is 0.556. The van der Waals surface area contributed by atoms with Crippen LogP contribution in [0.5, 0.6) is 5.75 Å². The van der Waals surface area contributed by atoms with E-state index in [4.69, 9.17) is 4.74 Å². The summed E-state index contributed by atoms with van der Waals surface area (Å²) in [7, 11) is 0. The first-order valence-corrected chi connectivity index (χ1v) is 8.03. The number of ether oxygens (including phenoxy) is 1. The Morgan fingerprint density at radius 3 is 2.39 bits per heavy atom. The predicted molar refractivity (Wildman–Crippen MR) is 85.0 cm³/mol. The third-order valence-electron chi connectivity index (χ3n) is 5.09. The van der Waals surface area contributed by atoms with Crippen LogP contribution in [0.4, 0.5) is 0 Å². The number of benzene rings is 1. The summed E-state index contributed by atoms with van der Waals surface area (Å²) < 4.78 is 5.01. The average Bonchev–Trinajstić information content (AvgIpc) is 2.47. The Kier molecular flexibility index (Phi) is 5.09. The maximum absolute atomic E-state index is 11.4. The average molecular weight is 320 g/mol. The molecule has 1 saturated carbocycles. The van der Waals surface area contributed by atoms with Crippen LogP contribution in [0.2, 0.25) is 0 Å². The van der Waals surface area contributed by atoms with Gasteiger partial charge < -0.3 is 14.9 Å². The lowest BCUT2D eigenvalue weighted by Gasteiger charge is -2.46. The molecule has 0 aromatic heterocycles. The molecule has 1 fully saturated rings. The molecule has 2 rings (SSSR count). The second-order valence-corrected chi connectivity index (χ2v) is 6.40. The Morgan fingerprint density at radius 2 is 1.91 bits per heavy atom. The molecule has 0 aliphatic heterocycles. The van der Waals surface area contributed by atoms with Gasteiger partial charge in [0.2, 0.25) is 0 Å². The summed E-state index contributed by atoms with van der Waals surface area (Å²) in [6.45, 7) is 5.22. The van der Waals surface area contributed by atoms with Crippen molar-refractivity contribution in [2.24, 2.45) is 17.8 Å². The largest absolute Gasteiger partial charge is 0.481 e. The second kappa shape index (κ2) is 6.71. The van der Waals surface area contributed by atoms with Crippen LogP contribution in [0.15, 0.2) is 24.3 Å². The molecule has 1 aromatic rings. The lowest BCUT2D eigenvalue weighted by atomic mass is 9.61. The van der Waals surface area contributed by atoms with Crippen LogP contribution in [-0.2, 0) is 15.2 Å². The number of carboxylic acid groups (broad SMARTS) is 1. The van der Waals surface area contributed by atoms with Crippen molar-refractivity contribution in [3.63, 3.8) is 0 Å². The first-order valence-electron chi connectivity index (χ1n) is 8.03. The van der Waals surface area contributed by atoms with Crippen molar-refractivity contribution in [3.05, 3.63) is 29.8 Å². The van der Waals surface area contributed by atoms with Gasteiger partial charge in [-0.1, -0.05) is 26.0 Å². The van der Waals surface area contributed by atoms with Crippen molar-refractivity contribution in [3.8, 4) is 5.75 Å². The topological polar surface area (TPSA) is 83.8 Å². The van der Waals surface area contributed by atoms with E-state index in [-0.39, 0.29) is 11.8 Å². The normalized spacial score (nSPS) is 30.7. The minimum atomic E-state index is -1.05. The highest BCUT2D eigenvalue weighted by molar-refractivity contribution is 5.70. The summed E-state index contributed by atoms with van der Waals surface area (Å²) >= 11 is 0. The number of hydrogen-bond acceptors (Lipinski definition) is 4. The zero-order valence-corrected chi connectivity index (χ0v) is 13.8. The van der Waals surface area contributed by atoms with Gasteiger partial charge in [0, 0.05) is 6.92 Å². The first kappa shape index (κ1) is 17.5. The number of aliphatic carboxylic acids is 1. The fourth-order valence-electron chi connectivity index (χ4n) is 3.93. The monoisotopic (exact) mass is 320 g/mol. The van der Waals surface area contributed by atoms with Gasteiger partial charge >= 0.3 is 11.9 Å². The molecule has 0 bridgehead atoms. The van der Waals surface area contributed by atoms with E-state index in [1.165, 1.54) is 6.92 Å². The zero-order chi connectivity index (χ0) is 17.2. The van der Waals surface area contributed by atoms with Gasteiger partial charge in [0.05, 0.1) is 11.5 Å². The van der Waals surface area contributed by atoms with Gasteiger partial charge in [-0.15, -0.1) is 0 Å². The number of hydrogen-bond donors (Lipinski definition) is 2. The maximum atomic E-state index is 11.4. The molecule has 5 nitrogen and oxygen atoms in total. The minimum Gasteiger partial charge on any atom is -0.481 e. The van der Waals surface area contributed by atoms with E-state index in [1.807, 2.05) is 13.8 Å². The predicted octanol–water partition coefficient (Wildman–Crippen LogP) is 2.96. The third kappa shape index (κ3) is 3.39. The van der Waals surface area contributed by atoms with Crippen LogP contribution in [0, 0.1) is 17.8 Å². The smallest absolute Gasteiger partial charge is 0.308 e. The van der Waals surface area contributed by atoms with Crippen LogP contribution >= 0.6 is 0 Å². The number of rotatable bonds is 4. The van der Waals surface area contributed by atoms with Crippen molar-refractivity contribution in [1.29, 1.82) is 0 Å². The van der Waals surface area contributed by atoms with Crippen molar-refractivity contribution >= 4 is 11.9 Å². The summed E-state index contributed by atoms with van der Waals surface area (Å²) in [5.41, 5.74) is -0.301. The molecule has 1 aliphatic rings. The fourth-order valence-corrected chi connectivity index (χ4v) is 3.93. The highest BCUT2D eigenvalue weighted by Crippen LogP contribution is 2.48. The first-order chi connectivity index (χ1) is 10.8. The summed E-state index contributed by atoms with van der Waals surface area (Å²) in [4.78, 5) is 22.4. The van der Waals surface area contributed by atoms with Gasteiger partial charge in [-0.3, -0.25) is 9.59 Å². The third-order valence-corrected chi connectivity index (χ3v) is 5.09. The lowest BCUT2D eigenvalue weighted by molar-refractivity contribution is -0.154. The SMILES string of the molecule is CCC1C(C)C(C(=O)O)CCC1(O)c1ccc(OC(C)=O)cc1. The highest BCUT2D eigenvalue weighted by Gasteiger charge is 2.48. The second-order valence-electron chi connectivity index (χ2n) is 6.40. The van der Waals surface area contributed by atoms with Gasteiger partial charge in [-0.25, -0.2) is 0 Å². The Hall–Kier alpha value is -1.88. The molecule has 0 amide bonds. The molecule has 4 atom stereocenters. The Bertz CT molecular complexity index is 580. The molecule has 0 spiro atoms. The molecule has 1 aliphatic carbocycles. The Labute approximate surface area is 136 Å². The van der Waals surface area contributed by atoms with Crippen LogP contribution in [-0.4, -0.2) is 22.2 Å². The van der Waals surface area contributed by atoms with Crippen molar-refractivity contribution in [2.75, 3.05) is 0 Å². The Balaban J connectivity index is 2.29. The standard InChI is InChI=1S/C18H24O5/c1-4-16-11(2)15(17(20)21)9-10-18(16,22)13-5-7-14(8-6-13)23-12(3)19/h5-8,11,15-16,22H,4,9-10H2,1-3H3,(H,20,21). The van der Waals surface area contributed by atoms with E-state index in [2.05, 4.69) is 0 Å². The lowest BCUT2D eigenvalue weighted by Crippen LogP contribution is -2.47. The number of carbonyl (C=O) groups excluding carboxylic acids is 1. The molecule has 0 saturated heterocycles. The maximum Gasteiger partial charge on any atom is 0.308 e. The van der Waals surface area contributed by atoms with Crippen molar-refractivity contribution in [2.45, 2.75) is 45.6 Å². The van der Waals surface area contributed by atoms with E-state index in [0.717, 1.165) is 5.56 Å². The molecule has 23 heavy (non-hydrogen) atoms. The molecular formula is C18H24O5. The molecule has 2 N–H and O–H groups in total. The molecule has 4 unspecified atom stereocenters. The van der Waals surface area contributed by atoms with Gasteiger partial charge in [-0.2, -0.15) is 0 Å². The molecule has 0 heterocycles. The van der Waals surface area contributed by atoms with Gasteiger partial charge in [-0.05, 0) is 48.8 Å². The van der Waals surface area contributed by atoms with Crippen LogP contribution in [0.1, 0.15) is 45.6 Å². The van der Waals surface area contributed by atoms with Gasteiger partial charge in [0.25, 0.3) is 0 Å². The number of carbonyl (C=O) groups is 2. The van der Waals surface area contributed by atoms with E-state index in [9.17, 15) is 19.8 Å². The molecule has 126 valence electrons. The summed E-state index contributed by atoms with van der Waals surface area (Å²) in [5, 5.41) is 20.6. The van der Waals surface area contributed by atoms with Crippen molar-refractivity contribution in [1.82, 2.24) is 0 Å². The highest BCUT2D eigenvalue weighted by atomic mass is 16.5. The van der Waals surface area contributed by atoms with E-state index >= 15 is 0 Å². The van der Waals surface area contributed by atoms with E-state index in [1.54, 1.807) is 24.3 Å². The molecule has 0 radical (unpaired) electrons. The molecular weight excluding hydrogens is 296 g/mol. The van der Waals surface area contributed by atoms with E-state index in [0.29, 0.717) is 25.0 Å². The quantitative estimate of drug-likeness (QED) is 0.658. The Morgan fingerprint density at radius 1 is 1.30 bits per heavy atom. The van der Waals surface area contributed by atoms with Gasteiger partial charge in [0.1, 0.15) is 5.75 Å². The van der Waals surface area contributed by atoms with Crippen LogP contribution < -0.4 is 4.74 Å². The number of esters is 1. The summed E-state index contributed by atoms with van der Waals surface area (Å²) in [6.07, 6.45) is 1.57. The van der Waals surface area contributed by atoms with Crippen LogP contribution in [0.3, 0.4) is 0 Å². The number of carboxylic acids is 1. The minimum absolute atomic E-state index is 0.107. The molecule has 5 heteroatoms. The molecule has 1 aromatic carbocycles. The zero-order valence-electron chi connectivity index (χ0n) is 13.8. The summed E-state index contributed by atoms with van der Waals surface area (Å²) in [5.74, 6) is -1.39. The number of aliphatic hydroxyl groups is 1. The van der Waals surface area contributed by atoms with E-state index < -0.39 is 23.5 Å². The van der Waals surface area contributed by atoms with Gasteiger partial charge in [0.15, 0.2) is 0 Å². The van der Waals surface area contributed by atoms with Crippen LogP contribution in [0.25, 0.3) is 0 Å².